The second-order valence-corrected chi connectivity index (χ2v) is 4.34. The van der Waals surface area contributed by atoms with Crippen molar-refractivity contribution in [3.05, 3.63) is 35.9 Å². The summed E-state index contributed by atoms with van der Waals surface area (Å²) in [5.41, 5.74) is 1.07. The second-order valence-electron chi connectivity index (χ2n) is 3.97. The molecule has 1 heterocycles. The van der Waals surface area contributed by atoms with Crippen LogP contribution in [0, 0.1) is 5.92 Å². The summed E-state index contributed by atoms with van der Waals surface area (Å²) >= 11 is 5.40. The van der Waals surface area contributed by atoms with E-state index >= 15 is 0 Å². The van der Waals surface area contributed by atoms with Gasteiger partial charge in [-0.3, -0.25) is 9.59 Å². The molecule has 0 radical (unpaired) electrons. The highest BCUT2D eigenvalue weighted by Gasteiger charge is 2.33. The van der Waals surface area contributed by atoms with Gasteiger partial charge in [-0.05, 0) is 17.2 Å². The van der Waals surface area contributed by atoms with Crippen molar-refractivity contribution in [3.63, 3.8) is 0 Å². The maximum atomic E-state index is 11.6. The van der Waals surface area contributed by atoms with Gasteiger partial charge in [-0.15, -0.1) is 0 Å². The molecule has 0 aromatic heterocycles. The fourth-order valence-corrected chi connectivity index (χ4v) is 2.03. The summed E-state index contributed by atoms with van der Waals surface area (Å²) in [6.45, 7) is 0.996. The molecule has 0 unspecified atom stereocenters. The van der Waals surface area contributed by atoms with E-state index in [1.165, 1.54) is 0 Å². The first-order chi connectivity index (χ1) is 7.66. The van der Waals surface area contributed by atoms with Gasteiger partial charge in [-0.1, -0.05) is 30.3 Å². The smallest absolute Gasteiger partial charge is 0.227 e. The molecule has 1 aliphatic rings. The maximum Gasteiger partial charge on any atom is 0.227 e. The number of carbonyl (C=O) groups is 2. The van der Waals surface area contributed by atoms with Crippen LogP contribution in [0.15, 0.2) is 30.3 Å². The van der Waals surface area contributed by atoms with E-state index in [9.17, 15) is 9.59 Å². The van der Waals surface area contributed by atoms with E-state index in [2.05, 4.69) is 0 Å². The normalized spacial score (nSPS) is 20.2. The second kappa shape index (κ2) is 4.66. The van der Waals surface area contributed by atoms with E-state index in [0.29, 0.717) is 13.1 Å². The molecule has 0 bridgehead atoms. The third-order valence-electron chi connectivity index (χ3n) is 2.75. The molecule has 1 aromatic carbocycles. The van der Waals surface area contributed by atoms with Crippen LogP contribution in [-0.2, 0) is 16.1 Å². The van der Waals surface area contributed by atoms with Crippen molar-refractivity contribution in [2.45, 2.75) is 13.0 Å². The molecule has 1 saturated heterocycles. The SMILES string of the molecule is O=C(Cl)[C@H]1CC(=O)N(Cc2ccccc2)C1. The molecule has 0 saturated carbocycles. The third kappa shape index (κ3) is 2.42. The number of rotatable bonds is 3. The molecule has 3 nitrogen and oxygen atoms in total. The third-order valence-corrected chi connectivity index (χ3v) is 3.06. The van der Waals surface area contributed by atoms with Crippen molar-refractivity contribution in [2.24, 2.45) is 5.92 Å². The van der Waals surface area contributed by atoms with Gasteiger partial charge in [0, 0.05) is 19.5 Å². The number of hydrogen-bond acceptors (Lipinski definition) is 2. The first-order valence-corrected chi connectivity index (χ1v) is 5.55. The molecule has 2 rings (SSSR count). The predicted octanol–water partition coefficient (Wildman–Crippen LogP) is 1.80. The van der Waals surface area contributed by atoms with E-state index in [0.717, 1.165) is 5.56 Å². The van der Waals surface area contributed by atoms with Gasteiger partial charge in [-0.25, -0.2) is 0 Å². The highest BCUT2D eigenvalue weighted by Crippen LogP contribution is 2.21. The largest absolute Gasteiger partial charge is 0.338 e. The molecule has 84 valence electrons. The Morgan fingerprint density at radius 3 is 2.62 bits per heavy atom. The summed E-state index contributed by atoms with van der Waals surface area (Å²) in [5, 5.41) is -0.413. The van der Waals surface area contributed by atoms with Gasteiger partial charge in [0.25, 0.3) is 0 Å². The van der Waals surface area contributed by atoms with Crippen molar-refractivity contribution in [2.75, 3.05) is 6.54 Å². The molecule has 0 spiro atoms. The van der Waals surface area contributed by atoms with Crippen LogP contribution >= 0.6 is 11.6 Å². The Morgan fingerprint density at radius 1 is 1.38 bits per heavy atom. The van der Waals surface area contributed by atoms with E-state index < -0.39 is 5.24 Å². The van der Waals surface area contributed by atoms with Gasteiger partial charge >= 0.3 is 0 Å². The monoisotopic (exact) mass is 237 g/mol. The number of carbonyl (C=O) groups excluding carboxylic acids is 2. The van der Waals surface area contributed by atoms with Crippen LogP contribution in [0.1, 0.15) is 12.0 Å². The average Bonchev–Trinajstić information content (AvgIpc) is 2.62. The summed E-state index contributed by atoms with van der Waals surface area (Å²) < 4.78 is 0. The van der Waals surface area contributed by atoms with Crippen LogP contribution < -0.4 is 0 Å². The van der Waals surface area contributed by atoms with Gasteiger partial charge in [0.2, 0.25) is 11.1 Å². The number of nitrogens with zero attached hydrogens (tertiary/aromatic N) is 1. The zero-order valence-corrected chi connectivity index (χ0v) is 9.48. The Labute approximate surface area is 99.0 Å². The highest BCUT2D eigenvalue weighted by molar-refractivity contribution is 6.64. The van der Waals surface area contributed by atoms with Crippen molar-refractivity contribution in [3.8, 4) is 0 Å². The minimum absolute atomic E-state index is 0.00264. The van der Waals surface area contributed by atoms with Gasteiger partial charge in [0.05, 0.1) is 5.92 Å². The number of hydrogen-bond donors (Lipinski definition) is 0. The number of likely N-dealkylation sites (tertiary alicyclic amines) is 1. The molecule has 1 atom stereocenters. The number of amides is 1. The topological polar surface area (TPSA) is 37.4 Å². The molecule has 16 heavy (non-hydrogen) atoms. The molecular weight excluding hydrogens is 226 g/mol. The predicted molar refractivity (Wildman–Crippen MR) is 60.8 cm³/mol. The lowest BCUT2D eigenvalue weighted by Crippen LogP contribution is -2.25. The van der Waals surface area contributed by atoms with E-state index in [1.54, 1.807) is 4.90 Å². The lowest BCUT2D eigenvalue weighted by molar-refractivity contribution is -0.128. The minimum Gasteiger partial charge on any atom is -0.338 e. The van der Waals surface area contributed by atoms with Gasteiger partial charge in [0.15, 0.2) is 0 Å². The Morgan fingerprint density at radius 2 is 2.06 bits per heavy atom. The first kappa shape index (κ1) is 11.1. The Hall–Kier alpha value is -1.35. The lowest BCUT2D eigenvalue weighted by Gasteiger charge is -2.15. The molecule has 1 fully saturated rings. The van der Waals surface area contributed by atoms with Crippen molar-refractivity contribution in [1.82, 2.24) is 4.90 Å². The molecule has 0 aliphatic carbocycles. The maximum absolute atomic E-state index is 11.6. The fraction of sp³-hybridized carbons (Fsp3) is 0.333. The highest BCUT2D eigenvalue weighted by atomic mass is 35.5. The molecule has 4 heteroatoms. The van der Waals surface area contributed by atoms with Gasteiger partial charge in [0.1, 0.15) is 0 Å². The van der Waals surface area contributed by atoms with Crippen LogP contribution in [0.2, 0.25) is 0 Å². The van der Waals surface area contributed by atoms with Crippen molar-refractivity contribution in [1.29, 1.82) is 0 Å². The molecular formula is C12H12ClNO2. The zero-order valence-electron chi connectivity index (χ0n) is 8.73. The lowest BCUT2D eigenvalue weighted by atomic mass is 10.1. The van der Waals surface area contributed by atoms with E-state index in [1.807, 2.05) is 30.3 Å². The van der Waals surface area contributed by atoms with Crippen LogP contribution in [0.4, 0.5) is 0 Å². The van der Waals surface area contributed by atoms with Crippen molar-refractivity contribution < 1.29 is 9.59 Å². The fourth-order valence-electron chi connectivity index (χ4n) is 1.88. The van der Waals surface area contributed by atoms with Crippen LogP contribution in [0.3, 0.4) is 0 Å². The minimum atomic E-state index is -0.413. The summed E-state index contributed by atoms with van der Waals surface area (Å²) in [6.07, 6.45) is 0.245. The Bertz CT molecular complexity index is 405. The van der Waals surface area contributed by atoms with E-state index in [4.69, 9.17) is 11.6 Å². The molecule has 1 amide bonds. The first-order valence-electron chi connectivity index (χ1n) is 5.18. The summed E-state index contributed by atoms with van der Waals surface area (Å²) in [4.78, 5) is 24.3. The standard InChI is InChI=1S/C12H12ClNO2/c13-12(16)10-6-11(15)14(8-10)7-9-4-2-1-3-5-9/h1-5,10H,6-8H2/t10-/m0/s1. The van der Waals surface area contributed by atoms with Gasteiger partial charge < -0.3 is 4.90 Å². The van der Waals surface area contributed by atoms with Gasteiger partial charge in [-0.2, -0.15) is 0 Å². The number of benzene rings is 1. The van der Waals surface area contributed by atoms with E-state index in [-0.39, 0.29) is 18.2 Å². The van der Waals surface area contributed by atoms with Crippen LogP contribution in [0.25, 0.3) is 0 Å². The summed E-state index contributed by atoms with van der Waals surface area (Å²) in [7, 11) is 0. The Balaban J connectivity index is 2.02. The summed E-state index contributed by atoms with van der Waals surface area (Å²) in [6, 6.07) is 9.72. The average molecular weight is 238 g/mol. The molecule has 0 N–H and O–H groups in total. The quantitative estimate of drug-likeness (QED) is 0.752. The molecule has 1 aliphatic heterocycles. The zero-order chi connectivity index (χ0) is 11.5. The van der Waals surface area contributed by atoms with Crippen LogP contribution in [0.5, 0.6) is 0 Å². The number of halogens is 1. The molecule has 1 aromatic rings. The summed E-state index contributed by atoms with van der Waals surface area (Å²) in [5.74, 6) is -0.333. The van der Waals surface area contributed by atoms with Crippen LogP contribution in [-0.4, -0.2) is 22.6 Å². The van der Waals surface area contributed by atoms with Crippen molar-refractivity contribution >= 4 is 22.8 Å². The Kier molecular flexibility index (Phi) is 3.25.